The molecule has 8 nitrogen and oxygen atoms in total. The van der Waals surface area contributed by atoms with Gasteiger partial charge >= 0.3 is 0 Å². The molecule has 0 radical (unpaired) electrons. The van der Waals surface area contributed by atoms with Gasteiger partial charge in [-0.3, -0.25) is 0 Å². The molecule has 1 aliphatic heterocycles. The Labute approximate surface area is 194 Å². The maximum absolute atomic E-state index is 12.8. The first-order valence-corrected chi connectivity index (χ1v) is 13.4. The van der Waals surface area contributed by atoms with Crippen LogP contribution in [0.3, 0.4) is 0 Å². The summed E-state index contributed by atoms with van der Waals surface area (Å²) in [5.74, 6) is 0.843. The van der Waals surface area contributed by atoms with E-state index < -0.39 is 9.84 Å². The SMILES string of the molecule is CC[C@H]1COCCN1c1cc(CS(=O)(=O)C2CC2)cc(-c2ccc3[nH]c(CNC)cc3n2)n1. The summed E-state index contributed by atoms with van der Waals surface area (Å²) in [6.07, 6.45) is 2.48. The first kappa shape index (κ1) is 22.3. The number of fused-ring (bicyclic) bond motifs is 1. The molecule has 3 aromatic rings. The quantitative estimate of drug-likeness (QED) is 0.523. The predicted octanol–water partition coefficient (Wildman–Crippen LogP) is 3.04. The molecule has 176 valence electrons. The number of aromatic nitrogens is 3. The summed E-state index contributed by atoms with van der Waals surface area (Å²) in [7, 11) is -1.24. The molecule has 4 heterocycles. The van der Waals surface area contributed by atoms with Gasteiger partial charge in [0.15, 0.2) is 9.84 Å². The third-order valence-electron chi connectivity index (χ3n) is 6.43. The maximum Gasteiger partial charge on any atom is 0.157 e. The van der Waals surface area contributed by atoms with Crippen LogP contribution in [0, 0.1) is 0 Å². The van der Waals surface area contributed by atoms with Gasteiger partial charge in [0.2, 0.25) is 0 Å². The fourth-order valence-electron chi connectivity index (χ4n) is 4.50. The average Bonchev–Trinajstić information content (AvgIpc) is 3.60. The molecule has 1 aliphatic carbocycles. The van der Waals surface area contributed by atoms with Crippen LogP contribution in [-0.2, 0) is 26.9 Å². The number of ether oxygens (including phenoxy) is 1. The third kappa shape index (κ3) is 4.76. The number of nitrogens with zero attached hydrogens (tertiary/aromatic N) is 3. The van der Waals surface area contributed by atoms with Crippen LogP contribution in [0.5, 0.6) is 0 Å². The number of rotatable bonds is 8. The molecular weight excluding hydrogens is 438 g/mol. The fourth-order valence-corrected chi connectivity index (χ4v) is 6.22. The Morgan fingerprint density at radius 2 is 2.03 bits per heavy atom. The van der Waals surface area contributed by atoms with E-state index in [1.807, 2.05) is 37.4 Å². The first-order chi connectivity index (χ1) is 16.0. The number of hydrogen-bond donors (Lipinski definition) is 2. The van der Waals surface area contributed by atoms with Gasteiger partial charge in [-0.15, -0.1) is 0 Å². The lowest BCUT2D eigenvalue weighted by atomic mass is 10.1. The Balaban J connectivity index is 1.56. The van der Waals surface area contributed by atoms with Gasteiger partial charge in [0.1, 0.15) is 5.82 Å². The zero-order valence-corrected chi connectivity index (χ0v) is 20.0. The molecule has 33 heavy (non-hydrogen) atoms. The smallest absolute Gasteiger partial charge is 0.157 e. The van der Waals surface area contributed by atoms with E-state index in [1.54, 1.807) is 0 Å². The van der Waals surface area contributed by atoms with Crippen LogP contribution < -0.4 is 10.2 Å². The molecular formula is C24H31N5O3S. The number of nitrogens with one attached hydrogen (secondary N) is 2. The first-order valence-electron chi connectivity index (χ1n) is 11.7. The number of sulfone groups is 1. The van der Waals surface area contributed by atoms with E-state index in [9.17, 15) is 8.42 Å². The Hall–Kier alpha value is -2.49. The molecule has 1 atom stereocenters. The maximum atomic E-state index is 12.8. The van der Waals surface area contributed by atoms with Crippen LogP contribution in [0.25, 0.3) is 22.4 Å². The summed E-state index contributed by atoms with van der Waals surface area (Å²) >= 11 is 0. The van der Waals surface area contributed by atoms with Gasteiger partial charge in [-0.05, 0) is 62.2 Å². The third-order valence-corrected chi connectivity index (χ3v) is 8.65. The van der Waals surface area contributed by atoms with Crippen LogP contribution in [0.1, 0.15) is 37.4 Å². The Morgan fingerprint density at radius 3 is 2.79 bits per heavy atom. The van der Waals surface area contributed by atoms with E-state index in [1.165, 1.54) is 0 Å². The molecule has 1 saturated heterocycles. The van der Waals surface area contributed by atoms with Gasteiger partial charge in [-0.1, -0.05) is 6.92 Å². The van der Waals surface area contributed by atoms with Crippen molar-refractivity contribution < 1.29 is 13.2 Å². The predicted molar refractivity (Wildman–Crippen MR) is 130 cm³/mol. The van der Waals surface area contributed by atoms with Crippen molar-refractivity contribution in [3.05, 3.63) is 41.6 Å². The Kier molecular flexibility index (Phi) is 6.11. The van der Waals surface area contributed by atoms with Crippen molar-refractivity contribution in [2.45, 2.75) is 49.8 Å². The molecule has 1 saturated carbocycles. The minimum atomic E-state index is -3.15. The average molecular weight is 470 g/mol. The molecule has 2 fully saturated rings. The van der Waals surface area contributed by atoms with Crippen molar-refractivity contribution in [1.82, 2.24) is 20.3 Å². The summed E-state index contributed by atoms with van der Waals surface area (Å²) in [6, 6.07) is 10.0. The van der Waals surface area contributed by atoms with Crippen molar-refractivity contribution in [3.8, 4) is 11.4 Å². The summed E-state index contributed by atoms with van der Waals surface area (Å²) in [4.78, 5) is 15.4. The van der Waals surface area contributed by atoms with E-state index in [-0.39, 0.29) is 17.0 Å². The molecule has 5 rings (SSSR count). The van der Waals surface area contributed by atoms with Gasteiger partial charge in [-0.25, -0.2) is 18.4 Å². The molecule has 0 bridgehead atoms. The standard InChI is InChI=1S/C24H31N5O3S/c1-3-18-14-32-9-8-29(18)24-11-16(15-33(30,31)19-4-5-19)10-22(28-24)21-7-6-20-23(27-21)12-17(26-20)13-25-2/h6-7,10-12,18-19,25-26H,3-5,8-9,13-15H2,1-2H3/t18-/m0/s1. The number of hydrogen-bond acceptors (Lipinski definition) is 7. The number of H-pyrrole nitrogens is 1. The summed E-state index contributed by atoms with van der Waals surface area (Å²) in [5.41, 5.74) is 5.12. The van der Waals surface area contributed by atoms with E-state index in [0.717, 1.165) is 66.2 Å². The second kappa shape index (κ2) is 9.04. The molecule has 0 spiro atoms. The monoisotopic (exact) mass is 469 g/mol. The second-order valence-corrected chi connectivity index (χ2v) is 11.3. The summed E-state index contributed by atoms with van der Waals surface area (Å²) < 4.78 is 31.2. The van der Waals surface area contributed by atoms with Gasteiger partial charge in [-0.2, -0.15) is 0 Å². The highest BCUT2D eigenvalue weighted by Gasteiger charge is 2.36. The number of aromatic amines is 1. The van der Waals surface area contributed by atoms with E-state index in [4.69, 9.17) is 14.7 Å². The molecule has 2 aliphatic rings. The number of morpholine rings is 1. The van der Waals surface area contributed by atoms with E-state index in [2.05, 4.69) is 22.1 Å². The van der Waals surface area contributed by atoms with Crippen molar-refractivity contribution in [2.75, 3.05) is 31.7 Å². The van der Waals surface area contributed by atoms with Crippen LogP contribution >= 0.6 is 0 Å². The fraction of sp³-hybridized carbons (Fsp3) is 0.500. The minimum absolute atomic E-state index is 0.0417. The highest BCUT2D eigenvalue weighted by Crippen LogP contribution is 2.33. The lowest BCUT2D eigenvalue weighted by Crippen LogP contribution is -2.45. The minimum Gasteiger partial charge on any atom is -0.377 e. The Morgan fingerprint density at radius 1 is 1.18 bits per heavy atom. The summed E-state index contributed by atoms with van der Waals surface area (Å²) in [6.45, 7) is 4.90. The molecule has 0 amide bonds. The van der Waals surface area contributed by atoms with Gasteiger partial charge < -0.3 is 19.9 Å². The second-order valence-electron chi connectivity index (χ2n) is 9.01. The van der Waals surface area contributed by atoms with Crippen molar-refractivity contribution >= 4 is 26.7 Å². The normalized spacial score (nSPS) is 19.3. The highest BCUT2D eigenvalue weighted by molar-refractivity contribution is 7.91. The van der Waals surface area contributed by atoms with Crippen LogP contribution in [0.15, 0.2) is 30.3 Å². The molecule has 2 N–H and O–H groups in total. The van der Waals surface area contributed by atoms with Gasteiger partial charge in [0.05, 0.1) is 52.7 Å². The van der Waals surface area contributed by atoms with Crippen molar-refractivity contribution in [3.63, 3.8) is 0 Å². The molecule has 0 unspecified atom stereocenters. The zero-order valence-electron chi connectivity index (χ0n) is 19.2. The van der Waals surface area contributed by atoms with E-state index >= 15 is 0 Å². The van der Waals surface area contributed by atoms with Crippen LogP contribution in [0.4, 0.5) is 5.82 Å². The van der Waals surface area contributed by atoms with Crippen LogP contribution in [0.2, 0.25) is 0 Å². The van der Waals surface area contributed by atoms with Crippen LogP contribution in [-0.4, -0.2) is 61.5 Å². The zero-order chi connectivity index (χ0) is 23.0. The largest absolute Gasteiger partial charge is 0.377 e. The lowest BCUT2D eigenvalue weighted by molar-refractivity contribution is 0.0926. The van der Waals surface area contributed by atoms with Crippen molar-refractivity contribution in [1.29, 1.82) is 0 Å². The van der Waals surface area contributed by atoms with Gasteiger partial charge in [0.25, 0.3) is 0 Å². The Bertz CT molecular complexity index is 1250. The molecule has 0 aromatic carbocycles. The van der Waals surface area contributed by atoms with Gasteiger partial charge in [0, 0.05) is 18.8 Å². The number of anilines is 1. The molecule has 9 heteroatoms. The molecule has 3 aromatic heterocycles. The number of pyridine rings is 2. The lowest BCUT2D eigenvalue weighted by Gasteiger charge is -2.36. The van der Waals surface area contributed by atoms with E-state index in [0.29, 0.717) is 18.9 Å². The highest BCUT2D eigenvalue weighted by atomic mass is 32.2. The van der Waals surface area contributed by atoms with Crippen molar-refractivity contribution in [2.24, 2.45) is 0 Å². The topological polar surface area (TPSA) is 100 Å². The summed E-state index contributed by atoms with van der Waals surface area (Å²) in [5, 5.41) is 2.95.